The summed E-state index contributed by atoms with van der Waals surface area (Å²) in [6.45, 7) is 5.63. The smallest absolute Gasteiger partial charge is 0.327 e. The Morgan fingerprint density at radius 1 is 1.28 bits per heavy atom. The van der Waals surface area contributed by atoms with E-state index >= 15 is 0 Å². The summed E-state index contributed by atoms with van der Waals surface area (Å²) in [6, 6.07) is 12.0. The molecule has 3 aromatic rings. The van der Waals surface area contributed by atoms with Crippen molar-refractivity contribution in [2.45, 2.75) is 19.9 Å². The number of H-pyrrole nitrogens is 1. The largest absolute Gasteiger partial charge is 0.370 e. The Hall–Kier alpha value is -2.60. The summed E-state index contributed by atoms with van der Waals surface area (Å²) < 4.78 is 1.71. The molecule has 3 N–H and O–H groups in total. The molecule has 1 aliphatic heterocycles. The Labute approximate surface area is 146 Å². The van der Waals surface area contributed by atoms with Crippen LogP contribution in [-0.2, 0) is 6.54 Å². The van der Waals surface area contributed by atoms with E-state index in [0.717, 1.165) is 36.5 Å². The van der Waals surface area contributed by atoms with E-state index in [1.54, 1.807) is 4.57 Å². The maximum Gasteiger partial charge on any atom is 0.327 e. The van der Waals surface area contributed by atoms with Gasteiger partial charge in [0.25, 0.3) is 0 Å². The lowest BCUT2D eigenvalue weighted by Gasteiger charge is -2.11. The summed E-state index contributed by atoms with van der Waals surface area (Å²) in [5.41, 5.74) is 3.65. The van der Waals surface area contributed by atoms with E-state index < -0.39 is 0 Å². The zero-order valence-corrected chi connectivity index (χ0v) is 14.4. The SMILES string of the molecule is Cc1ccccc1Cn1c(=O)[nH]c2ccc(NC[C@@H]3CCNC3)nc21. The summed E-state index contributed by atoms with van der Waals surface area (Å²) in [7, 11) is 0. The summed E-state index contributed by atoms with van der Waals surface area (Å²) in [6.07, 6.45) is 1.19. The van der Waals surface area contributed by atoms with Crippen LogP contribution in [0.25, 0.3) is 11.2 Å². The third kappa shape index (κ3) is 3.30. The van der Waals surface area contributed by atoms with Crippen LogP contribution in [0.1, 0.15) is 17.5 Å². The van der Waals surface area contributed by atoms with Crippen molar-refractivity contribution in [1.29, 1.82) is 0 Å². The van der Waals surface area contributed by atoms with E-state index in [1.165, 1.54) is 12.0 Å². The van der Waals surface area contributed by atoms with Crippen LogP contribution in [0.3, 0.4) is 0 Å². The minimum absolute atomic E-state index is 0.122. The topological polar surface area (TPSA) is 74.7 Å². The maximum absolute atomic E-state index is 12.4. The number of fused-ring (bicyclic) bond motifs is 1. The Bertz CT molecular complexity index is 936. The Morgan fingerprint density at radius 3 is 2.96 bits per heavy atom. The molecule has 0 bridgehead atoms. The molecule has 0 radical (unpaired) electrons. The second-order valence-electron chi connectivity index (χ2n) is 6.75. The van der Waals surface area contributed by atoms with Gasteiger partial charge in [0.15, 0.2) is 5.65 Å². The van der Waals surface area contributed by atoms with Crippen LogP contribution in [0.5, 0.6) is 0 Å². The standard InChI is InChI=1S/C19H23N5O/c1-13-4-2-3-5-15(13)12-24-18-16(22-19(24)25)6-7-17(23-18)21-11-14-8-9-20-10-14/h2-7,14,20H,8-12H2,1H3,(H,21,23)(H,22,25)/t14-/m1/s1. The molecule has 25 heavy (non-hydrogen) atoms. The molecule has 1 fully saturated rings. The van der Waals surface area contributed by atoms with E-state index in [-0.39, 0.29) is 5.69 Å². The zero-order chi connectivity index (χ0) is 17.2. The van der Waals surface area contributed by atoms with Gasteiger partial charge in [-0.05, 0) is 55.6 Å². The van der Waals surface area contributed by atoms with Gasteiger partial charge in [-0.3, -0.25) is 4.57 Å². The van der Waals surface area contributed by atoms with Crippen LogP contribution in [0.2, 0.25) is 0 Å². The van der Waals surface area contributed by atoms with E-state index in [0.29, 0.717) is 18.1 Å². The molecule has 1 saturated heterocycles. The lowest BCUT2D eigenvalue weighted by Crippen LogP contribution is -2.19. The average Bonchev–Trinajstić information content (AvgIpc) is 3.23. The summed E-state index contributed by atoms with van der Waals surface area (Å²) >= 11 is 0. The molecule has 2 aromatic heterocycles. The van der Waals surface area contributed by atoms with Gasteiger partial charge >= 0.3 is 5.69 Å². The van der Waals surface area contributed by atoms with Gasteiger partial charge in [-0.1, -0.05) is 24.3 Å². The molecule has 6 heteroatoms. The van der Waals surface area contributed by atoms with E-state index in [9.17, 15) is 4.79 Å². The highest BCUT2D eigenvalue weighted by Crippen LogP contribution is 2.16. The zero-order valence-electron chi connectivity index (χ0n) is 14.4. The van der Waals surface area contributed by atoms with Crippen LogP contribution in [-0.4, -0.2) is 34.2 Å². The average molecular weight is 337 g/mol. The van der Waals surface area contributed by atoms with Gasteiger partial charge in [-0.15, -0.1) is 0 Å². The number of hydrogen-bond donors (Lipinski definition) is 3. The molecule has 0 saturated carbocycles. The molecule has 6 nitrogen and oxygen atoms in total. The molecule has 3 heterocycles. The van der Waals surface area contributed by atoms with Crippen LogP contribution < -0.4 is 16.3 Å². The van der Waals surface area contributed by atoms with Crippen molar-refractivity contribution in [3.05, 3.63) is 58.0 Å². The van der Waals surface area contributed by atoms with Gasteiger partial charge in [0.1, 0.15) is 5.82 Å². The normalized spacial score (nSPS) is 17.2. The fourth-order valence-corrected chi connectivity index (χ4v) is 3.37. The Kier molecular flexibility index (Phi) is 4.28. The highest BCUT2D eigenvalue weighted by atomic mass is 16.1. The number of imidazole rings is 1. The van der Waals surface area contributed by atoms with E-state index in [2.05, 4.69) is 39.7 Å². The van der Waals surface area contributed by atoms with Crippen molar-refractivity contribution >= 4 is 17.0 Å². The van der Waals surface area contributed by atoms with Gasteiger partial charge in [0.2, 0.25) is 0 Å². The molecular weight excluding hydrogens is 314 g/mol. The minimum Gasteiger partial charge on any atom is -0.370 e. The molecule has 130 valence electrons. The van der Waals surface area contributed by atoms with Gasteiger partial charge in [0.05, 0.1) is 12.1 Å². The Balaban J connectivity index is 1.62. The number of anilines is 1. The number of pyridine rings is 1. The number of hydrogen-bond acceptors (Lipinski definition) is 4. The minimum atomic E-state index is -0.122. The van der Waals surface area contributed by atoms with Gasteiger partial charge in [-0.25, -0.2) is 9.78 Å². The van der Waals surface area contributed by atoms with Gasteiger partial charge in [0, 0.05) is 6.54 Å². The van der Waals surface area contributed by atoms with Gasteiger partial charge < -0.3 is 15.6 Å². The molecule has 1 aliphatic rings. The van der Waals surface area contributed by atoms with E-state index in [1.807, 2.05) is 24.3 Å². The lowest BCUT2D eigenvalue weighted by molar-refractivity contribution is 0.614. The van der Waals surface area contributed by atoms with Crippen LogP contribution >= 0.6 is 0 Å². The third-order valence-corrected chi connectivity index (χ3v) is 4.94. The van der Waals surface area contributed by atoms with Crippen LogP contribution in [0.4, 0.5) is 5.82 Å². The van der Waals surface area contributed by atoms with Crippen molar-refractivity contribution in [3.63, 3.8) is 0 Å². The first-order valence-electron chi connectivity index (χ1n) is 8.79. The van der Waals surface area contributed by atoms with E-state index in [4.69, 9.17) is 0 Å². The van der Waals surface area contributed by atoms with Crippen molar-refractivity contribution < 1.29 is 0 Å². The quantitative estimate of drug-likeness (QED) is 0.666. The molecule has 4 rings (SSSR count). The van der Waals surface area contributed by atoms with Crippen LogP contribution in [0, 0.1) is 12.8 Å². The van der Waals surface area contributed by atoms with Crippen molar-refractivity contribution in [1.82, 2.24) is 19.9 Å². The number of nitrogens with one attached hydrogen (secondary N) is 3. The lowest BCUT2D eigenvalue weighted by atomic mass is 10.1. The summed E-state index contributed by atoms with van der Waals surface area (Å²) in [5.74, 6) is 1.45. The van der Waals surface area contributed by atoms with Crippen molar-refractivity contribution in [2.75, 3.05) is 25.0 Å². The third-order valence-electron chi connectivity index (χ3n) is 4.94. The second kappa shape index (κ2) is 6.72. The molecule has 0 amide bonds. The predicted octanol–water partition coefficient (Wildman–Crippen LogP) is 2.10. The fourth-order valence-electron chi connectivity index (χ4n) is 3.37. The molecule has 0 unspecified atom stereocenters. The van der Waals surface area contributed by atoms with Gasteiger partial charge in [-0.2, -0.15) is 0 Å². The van der Waals surface area contributed by atoms with Crippen molar-refractivity contribution in [2.24, 2.45) is 5.92 Å². The maximum atomic E-state index is 12.4. The number of aryl methyl sites for hydroxylation is 1. The number of nitrogens with zero attached hydrogens (tertiary/aromatic N) is 2. The molecule has 0 aliphatic carbocycles. The summed E-state index contributed by atoms with van der Waals surface area (Å²) in [4.78, 5) is 20.0. The Morgan fingerprint density at radius 2 is 2.16 bits per heavy atom. The fraction of sp³-hybridized carbons (Fsp3) is 0.368. The predicted molar refractivity (Wildman–Crippen MR) is 100 cm³/mol. The molecule has 0 spiro atoms. The molecule has 1 aromatic carbocycles. The first-order valence-corrected chi connectivity index (χ1v) is 8.79. The first-order chi connectivity index (χ1) is 12.2. The summed E-state index contributed by atoms with van der Waals surface area (Å²) in [5, 5.41) is 6.78. The second-order valence-corrected chi connectivity index (χ2v) is 6.75. The number of benzene rings is 1. The highest BCUT2D eigenvalue weighted by molar-refractivity contribution is 5.73. The first kappa shape index (κ1) is 15.9. The highest BCUT2D eigenvalue weighted by Gasteiger charge is 2.15. The monoisotopic (exact) mass is 337 g/mol. The van der Waals surface area contributed by atoms with Crippen LogP contribution in [0.15, 0.2) is 41.2 Å². The number of aromatic nitrogens is 3. The molecular formula is C19H23N5O. The number of aromatic amines is 1. The molecule has 1 atom stereocenters. The number of rotatable bonds is 5. The van der Waals surface area contributed by atoms with Crippen molar-refractivity contribution in [3.8, 4) is 0 Å².